The smallest absolute Gasteiger partial charge is 0.249 e. The fourth-order valence-electron chi connectivity index (χ4n) is 1.85. The highest BCUT2D eigenvalue weighted by Gasteiger charge is 2.08. The van der Waals surface area contributed by atoms with Crippen molar-refractivity contribution in [3.05, 3.63) is 65.9 Å². The van der Waals surface area contributed by atoms with Gasteiger partial charge in [0, 0.05) is 17.8 Å². The molecule has 3 rings (SSSR count). The van der Waals surface area contributed by atoms with Crippen LogP contribution < -0.4 is 10.6 Å². The summed E-state index contributed by atoms with van der Waals surface area (Å²) >= 11 is 0. The number of nitrogens with one attached hydrogen (secondary N) is 2. The van der Waals surface area contributed by atoms with Gasteiger partial charge in [-0.2, -0.15) is 10.1 Å². The van der Waals surface area contributed by atoms with Crippen LogP contribution in [0.25, 0.3) is 0 Å². The van der Waals surface area contributed by atoms with Crippen LogP contribution in [0.2, 0.25) is 0 Å². The van der Waals surface area contributed by atoms with Gasteiger partial charge in [0.1, 0.15) is 11.6 Å². The standard InChI is InChI=1S/C15H9F4N5/c16-8-1-4-13(12(19)5-8)22-14-7-20-24-15(23-14)21-9-2-3-10(17)11(18)6-9/h1-7H,(H2,21,22,23,24). The van der Waals surface area contributed by atoms with Crippen LogP contribution in [0, 0.1) is 23.3 Å². The molecule has 0 spiro atoms. The molecule has 122 valence electrons. The minimum absolute atomic E-state index is 0.00400. The van der Waals surface area contributed by atoms with Crippen molar-refractivity contribution >= 4 is 23.1 Å². The fourth-order valence-corrected chi connectivity index (χ4v) is 1.85. The molecule has 0 bridgehead atoms. The number of rotatable bonds is 4. The maximum absolute atomic E-state index is 13.6. The molecule has 0 atom stereocenters. The zero-order valence-electron chi connectivity index (χ0n) is 11.9. The van der Waals surface area contributed by atoms with Crippen LogP contribution in [0.5, 0.6) is 0 Å². The molecule has 1 aromatic heterocycles. The molecular weight excluding hydrogens is 326 g/mol. The first kappa shape index (κ1) is 15.7. The van der Waals surface area contributed by atoms with Crippen molar-refractivity contribution in [2.45, 2.75) is 0 Å². The molecule has 24 heavy (non-hydrogen) atoms. The molecule has 0 amide bonds. The van der Waals surface area contributed by atoms with Crippen molar-refractivity contribution in [3.8, 4) is 0 Å². The maximum Gasteiger partial charge on any atom is 0.249 e. The van der Waals surface area contributed by atoms with Crippen molar-refractivity contribution < 1.29 is 17.6 Å². The molecule has 5 nitrogen and oxygen atoms in total. The van der Waals surface area contributed by atoms with Crippen molar-refractivity contribution in [1.82, 2.24) is 15.2 Å². The maximum atomic E-state index is 13.6. The fraction of sp³-hybridized carbons (Fsp3) is 0. The molecule has 9 heteroatoms. The van der Waals surface area contributed by atoms with Gasteiger partial charge in [-0.05, 0) is 24.3 Å². The number of nitrogens with zero attached hydrogens (tertiary/aromatic N) is 3. The van der Waals surface area contributed by atoms with Crippen LogP contribution in [0.3, 0.4) is 0 Å². The van der Waals surface area contributed by atoms with E-state index in [2.05, 4.69) is 25.8 Å². The van der Waals surface area contributed by atoms with Gasteiger partial charge < -0.3 is 10.6 Å². The topological polar surface area (TPSA) is 62.7 Å². The lowest BCUT2D eigenvalue weighted by molar-refractivity contribution is 0.509. The molecular formula is C15H9F4N5. The van der Waals surface area contributed by atoms with E-state index in [1.165, 1.54) is 18.3 Å². The average Bonchev–Trinajstić information content (AvgIpc) is 2.54. The third-order valence-electron chi connectivity index (χ3n) is 2.93. The lowest BCUT2D eigenvalue weighted by atomic mass is 10.3. The summed E-state index contributed by atoms with van der Waals surface area (Å²) in [6.07, 6.45) is 1.22. The Bertz CT molecular complexity index is 887. The third kappa shape index (κ3) is 3.57. The first-order valence-electron chi connectivity index (χ1n) is 6.65. The number of hydrogen-bond acceptors (Lipinski definition) is 5. The number of halogens is 4. The van der Waals surface area contributed by atoms with Crippen LogP contribution in [0.4, 0.5) is 40.7 Å². The lowest BCUT2D eigenvalue weighted by Gasteiger charge is -2.08. The second-order valence-corrected chi connectivity index (χ2v) is 4.67. The third-order valence-corrected chi connectivity index (χ3v) is 2.93. The predicted molar refractivity (Wildman–Crippen MR) is 79.1 cm³/mol. The monoisotopic (exact) mass is 335 g/mol. The summed E-state index contributed by atoms with van der Waals surface area (Å²) in [6.45, 7) is 0. The average molecular weight is 335 g/mol. The van der Waals surface area contributed by atoms with Gasteiger partial charge in [0.15, 0.2) is 17.5 Å². The first-order valence-corrected chi connectivity index (χ1v) is 6.65. The largest absolute Gasteiger partial charge is 0.336 e. The van der Waals surface area contributed by atoms with E-state index >= 15 is 0 Å². The molecule has 1 heterocycles. The van der Waals surface area contributed by atoms with Gasteiger partial charge in [0.25, 0.3) is 0 Å². The SMILES string of the molecule is Fc1ccc(Nc2cnnc(Nc3ccc(F)c(F)c3)n2)c(F)c1. The highest BCUT2D eigenvalue weighted by atomic mass is 19.2. The molecule has 0 saturated carbocycles. The summed E-state index contributed by atoms with van der Waals surface area (Å²) < 4.78 is 52.5. The zero-order valence-corrected chi connectivity index (χ0v) is 11.9. The van der Waals surface area contributed by atoms with E-state index in [0.717, 1.165) is 24.3 Å². The summed E-state index contributed by atoms with van der Waals surface area (Å²) in [4.78, 5) is 4.01. The summed E-state index contributed by atoms with van der Waals surface area (Å²) in [5.41, 5.74) is 0.205. The second kappa shape index (κ2) is 6.49. The number of hydrogen-bond donors (Lipinski definition) is 2. The molecule has 0 aliphatic rings. The first-order chi connectivity index (χ1) is 11.5. The molecule has 2 aromatic carbocycles. The van der Waals surface area contributed by atoms with Gasteiger partial charge >= 0.3 is 0 Å². The summed E-state index contributed by atoms with van der Waals surface area (Å²) in [7, 11) is 0. The molecule has 0 saturated heterocycles. The van der Waals surface area contributed by atoms with Crippen LogP contribution in [-0.4, -0.2) is 15.2 Å². The van der Waals surface area contributed by atoms with E-state index in [4.69, 9.17) is 0 Å². The van der Waals surface area contributed by atoms with Crippen LogP contribution >= 0.6 is 0 Å². The molecule has 3 aromatic rings. The minimum atomic E-state index is -1.03. The van der Waals surface area contributed by atoms with Crippen molar-refractivity contribution in [3.63, 3.8) is 0 Å². The van der Waals surface area contributed by atoms with E-state index in [9.17, 15) is 17.6 Å². The molecule has 0 unspecified atom stereocenters. The zero-order chi connectivity index (χ0) is 17.1. The van der Waals surface area contributed by atoms with E-state index in [1.807, 2.05) is 0 Å². The van der Waals surface area contributed by atoms with Crippen molar-refractivity contribution in [2.24, 2.45) is 0 Å². The quantitative estimate of drug-likeness (QED) is 0.708. The van der Waals surface area contributed by atoms with Gasteiger partial charge in [0.05, 0.1) is 11.9 Å². The van der Waals surface area contributed by atoms with Crippen molar-refractivity contribution in [2.75, 3.05) is 10.6 Å². The molecule has 0 fully saturated rings. The van der Waals surface area contributed by atoms with Crippen LogP contribution in [0.15, 0.2) is 42.6 Å². The minimum Gasteiger partial charge on any atom is -0.336 e. The van der Waals surface area contributed by atoms with Crippen LogP contribution in [-0.2, 0) is 0 Å². The predicted octanol–water partition coefficient (Wildman–Crippen LogP) is 3.92. The molecule has 0 aliphatic heterocycles. The Hall–Kier alpha value is -3.23. The van der Waals surface area contributed by atoms with Gasteiger partial charge in [-0.25, -0.2) is 17.6 Å². The Kier molecular flexibility index (Phi) is 4.23. The number of aromatic nitrogens is 3. The van der Waals surface area contributed by atoms with Gasteiger partial charge in [-0.15, -0.1) is 5.10 Å². The van der Waals surface area contributed by atoms with Gasteiger partial charge in [0.2, 0.25) is 5.95 Å². The highest BCUT2D eigenvalue weighted by molar-refractivity contribution is 5.59. The van der Waals surface area contributed by atoms with E-state index in [1.54, 1.807) is 0 Å². The second-order valence-electron chi connectivity index (χ2n) is 4.67. The number of anilines is 4. The Labute approximate surface area is 133 Å². The molecule has 0 aliphatic carbocycles. The summed E-state index contributed by atoms with van der Waals surface area (Å²) in [5.74, 6) is -3.42. The van der Waals surface area contributed by atoms with Crippen molar-refractivity contribution in [1.29, 1.82) is 0 Å². The summed E-state index contributed by atoms with van der Waals surface area (Å²) in [6, 6.07) is 6.17. The van der Waals surface area contributed by atoms with E-state index in [0.29, 0.717) is 0 Å². The Morgan fingerprint density at radius 2 is 1.62 bits per heavy atom. The van der Waals surface area contributed by atoms with Crippen LogP contribution in [0.1, 0.15) is 0 Å². The van der Waals surface area contributed by atoms with Gasteiger partial charge in [-0.1, -0.05) is 0 Å². The lowest BCUT2D eigenvalue weighted by Crippen LogP contribution is -2.03. The molecule has 2 N–H and O–H groups in total. The normalized spacial score (nSPS) is 10.5. The Morgan fingerprint density at radius 3 is 2.38 bits per heavy atom. The summed E-state index contributed by atoms with van der Waals surface area (Å²) in [5, 5.41) is 12.6. The Balaban J connectivity index is 1.79. The number of benzene rings is 2. The van der Waals surface area contributed by atoms with E-state index < -0.39 is 23.3 Å². The Morgan fingerprint density at radius 1 is 0.792 bits per heavy atom. The highest BCUT2D eigenvalue weighted by Crippen LogP contribution is 2.21. The van der Waals surface area contributed by atoms with E-state index in [-0.39, 0.29) is 23.1 Å². The van der Waals surface area contributed by atoms with Gasteiger partial charge in [-0.3, -0.25) is 0 Å². The molecule has 0 radical (unpaired) electrons.